The summed E-state index contributed by atoms with van der Waals surface area (Å²) in [6.07, 6.45) is 43.0. The van der Waals surface area contributed by atoms with Gasteiger partial charge in [0.1, 0.15) is 11.5 Å². The standard InChI is InChI=1S/C70H88N2O6/c1-3-5-7-9-11-13-15-17-19-27-47-77-63-49-54(42-40-52-44-46-62-66-58(52)36-30-38-60(66)68(74)72(70(62)76)56-33-25-22-26-34-56)64(78-48-28-20-18-16-14-12-10-8-6-4-2)50-53(63)41-39-51-43-45-61-65-57(51)35-29-37-59(65)67(73)71(69(61)75)55-31-23-21-24-32-55/h29-30,35-46,49-50,55-56H,3-28,31-34,47-48H2,1-2H3/b41-39+,42-40+. The Morgan fingerprint density at radius 2 is 0.705 bits per heavy atom. The number of ether oxygens (including phenoxy) is 2. The SMILES string of the molecule is CCCCCCCCCCCCOc1cc(/C=C/c2ccc3c4c(cccc24)C(=O)N(C2CCCCC2)C3=O)c(OCCCCCCCCCCCC)cc1/C=C/c1ccc2c3c(cccc13)C(=O)N(C1CCCCC1)C2=O. The number of unbranched alkanes of at least 4 members (excludes halogenated alkanes) is 18. The fraction of sp³-hybridized carbons (Fsp3) is 0.514. The Balaban J connectivity index is 1.01. The van der Waals surface area contributed by atoms with Crippen molar-refractivity contribution in [3.63, 3.8) is 0 Å². The zero-order valence-corrected chi connectivity index (χ0v) is 47.4. The number of rotatable bonds is 30. The predicted molar refractivity (Wildman–Crippen MR) is 322 cm³/mol. The van der Waals surface area contributed by atoms with Crippen LogP contribution in [0, 0.1) is 0 Å². The van der Waals surface area contributed by atoms with Gasteiger partial charge in [-0.2, -0.15) is 0 Å². The molecule has 2 aliphatic heterocycles. The normalized spacial score (nSPS) is 16.3. The first-order valence-electron chi connectivity index (χ1n) is 31.0. The van der Waals surface area contributed by atoms with Crippen LogP contribution in [0.1, 0.15) is 270 Å². The van der Waals surface area contributed by atoms with E-state index in [1.54, 1.807) is 9.80 Å². The molecule has 8 nitrogen and oxygen atoms in total. The lowest BCUT2D eigenvalue weighted by Gasteiger charge is -2.36. The molecule has 0 bridgehead atoms. The van der Waals surface area contributed by atoms with Crippen molar-refractivity contribution in [2.24, 2.45) is 0 Å². The number of carbonyl (C=O) groups is 4. The maximum Gasteiger partial charge on any atom is 0.261 e. The fourth-order valence-corrected chi connectivity index (χ4v) is 12.9. The Hall–Kier alpha value is -6.02. The van der Waals surface area contributed by atoms with Gasteiger partial charge in [0.2, 0.25) is 0 Å². The minimum Gasteiger partial charge on any atom is -0.493 e. The molecule has 9 rings (SSSR count). The number of hydrogen-bond acceptors (Lipinski definition) is 6. The van der Waals surface area contributed by atoms with E-state index < -0.39 is 0 Å². The van der Waals surface area contributed by atoms with Crippen LogP contribution in [0.4, 0.5) is 0 Å². The Morgan fingerprint density at radius 3 is 1.06 bits per heavy atom. The topological polar surface area (TPSA) is 93.2 Å². The zero-order valence-electron chi connectivity index (χ0n) is 47.4. The highest BCUT2D eigenvalue weighted by molar-refractivity contribution is 6.27. The van der Waals surface area contributed by atoms with Crippen LogP contribution in [0.25, 0.3) is 45.8 Å². The van der Waals surface area contributed by atoms with Crippen LogP contribution in [0.15, 0.2) is 72.8 Å². The molecule has 2 fully saturated rings. The zero-order chi connectivity index (χ0) is 54.1. The Morgan fingerprint density at radius 1 is 0.385 bits per heavy atom. The lowest BCUT2D eigenvalue weighted by Crippen LogP contribution is -2.47. The Kier molecular flexibility index (Phi) is 20.9. The van der Waals surface area contributed by atoms with E-state index in [2.05, 4.69) is 50.3 Å². The van der Waals surface area contributed by atoms with E-state index in [0.717, 1.165) is 145 Å². The van der Waals surface area contributed by atoms with E-state index in [4.69, 9.17) is 9.47 Å². The smallest absolute Gasteiger partial charge is 0.261 e. The quantitative estimate of drug-likeness (QED) is 0.0258. The molecule has 414 valence electrons. The molecule has 4 aliphatic rings. The maximum atomic E-state index is 14.2. The van der Waals surface area contributed by atoms with E-state index in [9.17, 15) is 19.2 Å². The molecule has 2 aliphatic carbocycles. The molecular weight excluding hydrogens is 965 g/mol. The average molecular weight is 1050 g/mol. The predicted octanol–water partition coefficient (Wildman–Crippen LogP) is 18.8. The van der Waals surface area contributed by atoms with Gasteiger partial charge in [0.25, 0.3) is 23.6 Å². The first kappa shape index (κ1) is 56.7. The minimum atomic E-state index is -0.183. The van der Waals surface area contributed by atoms with Gasteiger partial charge >= 0.3 is 0 Å². The van der Waals surface area contributed by atoms with Gasteiger partial charge < -0.3 is 9.47 Å². The molecule has 0 N–H and O–H groups in total. The second-order valence-electron chi connectivity index (χ2n) is 23.1. The molecule has 0 unspecified atom stereocenters. The van der Waals surface area contributed by atoms with E-state index in [0.29, 0.717) is 35.5 Å². The molecule has 78 heavy (non-hydrogen) atoms. The van der Waals surface area contributed by atoms with E-state index in [-0.39, 0.29) is 35.7 Å². The van der Waals surface area contributed by atoms with Gasteiger partial charge in [-0.3, -0.25) is 29.0 Å². The lowest BCUT2D eigenvalue weighted by molar-refractivity contribution is 0.0487. The van der Waals surface area contributed by atoms with Crippen molar-refractivity contribution < 1.29 is 28.7 Å². The molecule has 5 aromatic rings. The van der Waals surface area contributed by atoms with Gasteiger partial charge in [0, 0.05) is 56.2 Å². The highest BCUT2D eigenvalue weighted by Gasteiger charge is 2.39. The second-order valence-corrected chi connectivity index (χ2v) is 23.1. The van der Waals surface area contributed by atoms with Gasteiger partial charge in [0.15, 0.2) is 0 Å². The lowest BCUT2D eigenvalue weighted by atomic mass is 9.87. The van der Waals surface area contributed by atoms with Crippen LogP contribution in [-0.2, 0) is 0 Å². The number of hydrogen-bond donors (Lipinski definition) is 0. The number of amides is 4. The summed E-state index contributed by atoms with van der Waals surface area (Å²) in [6, 6.07) is 23.7. The number of nitrogens with zero attached hydrogens (tertiary/aromatic N) is 2. The molecule has 0 aromatic heterocycles. The third kappa shape index (κ3) is 13.7. The van der Waals surface area contributed by atoms with Crippen molar-refractivity contribution in [1.82, 2.24) is 9.80 Å². The first-order valence-corrected chi connectivity index (χ1v) is 31.0. The van der Waals surface area contributed by atoms with Gasteiger partial charge in [-0.1, -0.05) is 229 Å². The molecule has 5 aromatic carbocycles. The van der Waals surface area contributed by atoms with Crippen molar-refractivity contribution in [2.45, 2.75) is 219 Å². The largest absolute Gasteiger partial charge is 0.493 e. The van der Waals surface area contributed by atoms with Gasteiger partial charge in [-0.05, 0) is 96.8 Å². The van der Waals surface area contributed by atoms with Crippen molar-refractivity contribution in [3.8, 4) is 11.5 Å². The molecule has 0 atom stereocenters. The molecular formula is C70H88N2O6. The summed E-state index contributed by atoms with van der Waals surface area (Å²) in [5, 5.41) is 3.22. The Bertz CT molecular complexity index is 2680. The van der Waals surface area contributed by atoms with Crippen LogP contribution in [0.3, 0.4) is 0 Å². The van der Waals surface area contributed by atoms with Gasteiger partial charge in [-0.25, -0.2) is 0 Å². The third-order valence-corrected chi connectivity index (χ3v) is 17.4. The minimum absolute atomic E-state index is 0.0546. The average Bonchev–Trinajstić information content (AvgIpc) is 3.48. The van der Waals surface area contributed by atoms with E-state index in [1.807, 2.05) is 60.7 Å². The molecule has 4 amide bonds. The summed E-state index contributed by atoms with van der Waals surface area (Å²) < 4.78 is 13.6. The van der Waals surface area contributed by atoms with Crippen molar-refractivity contribution in [1.29, 1.82) is 0 Å². The van der Waals surface area contributed by atoms with Crippen molar-refractivity contribution >= 4 is 69.5 Å². The summed E-state index contributed by atoms with van der Waals surface area (Å²) in [7, 11) is 0. The highest BCUT2D eigenvalue weighted by Crippen LogP contribution is 2.40. The fourth-order valence-electron chi connectivity index (χ4n) is 12.9. The second kappa shape index (κ2) is 28.7. The van der Waals surface area contributed by atoms with E-state index >= 15 is 0 Å². The molecule has 8 heteroatoms. The number of carbonyl (C=O) groups excluding carboxylic acids is 4. The number of imide groups is 2. The van der Waals surface area contributed by atoms with Gasteiger partial charge in [0.05, 0.1) is 13.2 Å². The van der Waals surface area contributed by atoms with Crippen LogP contribution in [0.5, 0.6) is 11.5 Å². The van der Waals surface area contributed by atoms with Crippen molar-refractivity contribution in [2.75, 3.05) is 13.2 Å². The molecule has 0 spiro atoms. The molecule has 0 saturated heterocycles. The monoisotopic (exact) mass is 1050 g/mol. The summed E-state index contributed by atoms with van der Waals surface area (Å²) in [6.45, 7) is 5.70. The molecule has 2 heterocycles. The van der Waals surface area contributed by atoms with Crippen LogP contribution < -0.4 is 9.47 Å². The third-order valence-electron chi connectivity index (χ3n) is 17.4. The van der Waals surface area contributed by atoms with Gasteiger partial charge in [-0.15, -0.1) is 0 Å². The maximum absolute atomic E-state index is 14.2. The van der Waals surface area contributed by atoms with E-state index in [1.165, 1.54) is 103 Å². The summed E-state index contributed by atoms with van der Waals surface area (Å²) >= 11 is 0. The highest BCUT2D eigenvalue weighted by atomic mass is 16.5. The number of benzene rings is 5. The van der Waals surface area contributed by atoms with Crippen LogP contribution in [-0.4, -0.2) is 58.7 Å². The van der Waals surface area contributed by atoms with Crippen molar-refractivity contribution in [3.05, 3.63) is 117 Å². The van der Waals surface area contributed by atoms with Crippen LogP contribution >= 0.6 is 0 Å². The van der Waals surface area contributed by atoms with Crippen LogP contribution in [0.2, 0.25) is 0 Å². The summed E-state index contributed by atoms with van der Waals surface area (Å²) in [5.41, 5.74) is 5.98. The summed E-state index contributed by atoms with van der Waals surface area (Å²) in [5.74, 6) is 0.769. The molecule has 0 radical (unpaired) electrons. The Labute approximate surface area is 466 Å². The first-order chi connectivity index (χ1) is 38.4. The summed E-state index contributed by atoms with van der Waals surface area (Å²) in [4.78, 5) is 59.7. The molecule has 2 saturated carbocycles.